The molecule has 1 aliphatic heterocycles. The molecule has 1 aliphatic rings. The minimum absolute atomic E-state index is 0.201. The zero-order valence-electron chi connectivity index (χ0n) is 18.4. The number of carbonyl (C=O) groups excluding carboxylic acids is 2. The first-order valence-electron chi connectivity index (χ1n) is 10.4. The summed E-state index contributed by atoms with van der Waals surface area (Å²) in [4.78, 5) is 42.7. The summed E-state index contributed by atoms with van der Waals surface area (Å²) in [5, 5.41) is 0. The van der Waals surface area contributed by atoms with Crippen molar-refractivity contribution in [1.29, 1.82) is 0 Å². The number of esters is 2. The van der Waals surface area contributed by atoms with Crippen molar-refractivity contribution >= 4 is 29.4 Å². The van der Waals surface area contributed by atoms with Crippen LogP contribution in [0, 0.1) is 0 Å². The van der Waals surface area contributed by atoms with Gasteiger partial charge in [0.2, 0.25) is 0 Å². The van der Waals surface area contributed by atoms with Gasteiger partial charge in [0.15, 0.2) is 4.80 Å². The third-order valence-electron chi connectivity index (χ3n) is 5.07. The summed E-state index contributed by atoms with van der Waals surface area (Å²) in [5.74, 6) is -0.578. The maximum Gasteiger partial charge on any atom is 0.338 e. The lowest BCUT2D eigenvalue weighted by molar-refractivity contribution is -0.139. The van der Waals surface area contributed by atoms with Gasteiger partial charge < -0.3 is 9.47 Å². The number of hydrogen-bond acceptors (Lipinski definition) is 7. The highest BCUT2D eigenvalue weighted by atomic mass is 32.1. The van der Waals surface area contributed by atoms with Crippen LogP contribution in [0.1, 0.15) is 37.9 Å². The van der Waals surface area contributed by atoms with E-state index in [1.165, 1.54) is 22.8 Å². The summed E-state index contributed by atoms with van der Waals surface area (Å²) >= 11 is 1.27. The molecule has 0 unspecified atom stereocenters. The second-order valence-corrected chi connectivity index (χ2v) is 8.38. The molecule has 2 heterocycles. The first kappa shape index (κ1) is 22.4. The van der Waals surface area contributed by atoms with Crippen molar-refractivity contribution in [2.45, 2.75) is 26.8 Å². The molecule has 1 aromatic heterocycles. The molecule has 3 aromatic rings. The fraction of sp³-hybridized carbons (Fsp3) is 0.200. The fourth-order valence-electron chi connectivity index (χ4n) is 3.69. The number of rotatable bonds is 5. The zero-order valence-corrected chi connectivity index (χ0v) is 19.2. The van der Waals surface area contributed by atoms with Crippen molar-refractivity contribution in [2.75, 3.05) is 6.61 Å². The van der Waals surface area contributed by atoms with Crippen LogP contribution in [0.4, 0.5) is 0 Å². The Balaban J connectivity index is 1.90. The van der Waals surface area contributed by atoms with E-state index in [9.17, 15) is 14.4 Å². The van der Waals surface area contributed by atoms with Gasteiger partial charge >= 0.3 is 11.9 Å². The summed E-state index contributed by atoms with van der Waals surface area (Å²) in [7, 11) is 0. The summed E-state index contributed by atoms with van der Waals surface area (Å²) in [5.41, 5.74) is 2.12. The van der Waals surface area contributed by atoms with Crippen molar-refractivity contribution in [2.24, 2.45) is 4.99 Å². The molecule has 1 atom stereocenters. The lowest BCUT2D eigenvalue weighted by Crippen LogP contribution is -2.39. The van der Waals surface area contributed by atoms with Crippen LogP contribution in [0.2, 0.25) is 0 Å². The summed E-state index contributed by atoms with van der Waals surface area (Å²) in [6, 6.07) is 15.6. The average molecular weight is 463 g/mol. The Morgan fingerprint density at radius 1 is 1.12 bits per heavy atom. The van der Waals surface area contributed by atoms with Crippen molar-refractivity contribution in [3.63, 3.8) is 0 Å². The molecule has 7 nitrogen and oxygen atoms in total. The van der Waals surface area contributed by atoms with Gasteiger partial charge in [-0.05, 0) is 43.2 Å². The fourth-order valence-corrected chi connectivity index (χ4v) is 4.74. The van der Waals surface area contributed by atoms with Crippen LogP contribution >= 0.6 is 11.3 Å². The molecule has 33 heavy (non-hydrogen) atoms. The molecule has 0 spiro atoms. The maximum absolute atomic E-state index is 13.5. The second-order valence-electron chi connectivity index (χ2n) is 7.38. The largest absolute Gasteiger partial charge is 0.463 e. The highest BCUT2D eigenvalue weighted by Gasteiger charge is 2.33. The van der Waals surface area contributed by atoms with Crippen LogP contribution < -0.4 is 19.6 Å². The highest BCUT2D eigenvalue weighted by Crippen LogP contribution is 2.31. The Hall–Kier alpha value is -3.78. The first-order chi connectivity index (χ1) is 15.9. The highest BCUT2D eigenvalue weighted by molar-refractivity contribution is 7.07. The topological polar surface area (TPSA) is 87.0 Å². The van der Waals surface area contributed by atoms with Gasteiger partial charge in [-0.1, -0.05) is 53.8 Å². The van der Waals surface area contributed by atoms with Crippen LogP contribution in [0.25, 0.3) is 6.08 Å². The first-order valence-corrected chi connectivity index (χ1v) is 11.2. The predicted molar refractivity (Wildman–Crippen MR) is 125 cm³/mol. The van der Waals surface area contributed by atoms with E-state index >= 15 is 0 Å². The van der Waals surface area contributed by atoms with E-state index in [4.69, 9.17) is 9.47 Å². The van der Waals surface area contributed by atoms with Crippen LogP contribution in [-0.4, -0.2) is 23.1 Å². The third kappa shape index (κ3) is 4.56. The number of allylic oxidation sites excluding steroid dienone is 1. The minimum atomic E-state index is -0.718. The molecule has 8 heteroatoms. The molecule has 0 saturated carbocycles. The van der Waals surface area contributed by atoms with Crippen LogP contribution in [0.3, 0.4) is 0 Å². The van der Waals surface area contributed by atoms with Crippen LogP contribution in [-0.2, 0) is 14.3 Å². The molecule has 0 aliphatic carbocycles. The zero-order chi connectivity index (χ0) is 23.5. The molecule has 4 rings (SSSR count). The minimum Gasteiger partial charge on any atom is -0.463 e. The SMILES string of the molecule is CCOC(=O)C1=C(C)N=c2sc(=Cc3ccccc3)c(=O)n2[C@H]1c1ccc(OC(C)=O)cc1. The summed E-state index contributed by atoms with van der Waals surface area (Å²) in [6.45, 7) is 4.99. The van der Waals surface area contributed by atoms with Crippen LogP contribution in [0.15, 0.2) is 75.7 Å². The van der Waals surface area contributed by atoms with Crippen molar-refractivity contribution < 1.29 is 19.1 Å². The lowest BCUT2D eigenvalue weighted by atomic mass is 9.96. The van der Waals surface area contributed by atoms with E-state index in [1.807, 2.05) is 36.4 Å². The average Bonchev–Trinajstić information content (AvgIpc) is 3.08. The number of carbonyl (C=O) groups is 2. The Morgan fingerprint density at radius 3 is 2.45 bits per heavy atom. The molecule has 0 N–H and O–H groups in total. The van der Waals surface area contributed by atoms with E-state index in [0.29, 0.717) is 31.9 Å². The molecule has 0 saturated heterocycles. The van der Waals surface area contributed by atoms with Gasteiger partial charge in [-0.15, -0.1) is 0 Å². The molecular formula is C25H22N2O5S. The van der Waals surface area contributed by atoms with Crippen molar-refractivity contribution in [3.05, 3.63) is 96.7 Å². The van der Waals surface area contributed by atoms with Gasteiger partial charge in [-0.3, -0.25) is 14.2 Å². The van der Waals surface area contributed by atoms with Gasteiger partial charge in [0.05, 0.1) is 28.5 Å². The Bertz CT molecular complexity index is 1420. The third-order valence-corrected chi connectivity index (χ3v) is 6.05. The van der Waals surface area contributed by atoms with E-state index in [-0.39, 0.29) is 12.2 Å². The summed E-state index contributed by atoms with van der Waals surface area (Å²) in [6.07, 6.45) is 1.81. The lowest BCUT2D eigenvalue weighted by Gasteiger charge is -2.24. The van der Waals surface area contributed by atoms with Gasteiger partial charge in [-0.25, -0.2) is 9.79 Å². The van der Waals surface area contributed by atoms with Gasteiger partial charge in [-0.2, -0.15) is 0 Å². The standard InChI is InChI=1S/C25H22N2O5S/c1-4-31-24(30)21-15(2)26-25-27(22(21)18-10-12-19(13-11-18)32-16(3)28)23(29)20(33-25)14-17-8-6-5-7-9-17/h5-14,22H,4H2,1-3H3/t22-/m0/s1. The normalized spacial score (nSPS) is 15.6. The number of fused-ring (bicyclic) bond motifs is 1. The number of nitrogens with zero attached hydrogens (tertiary/aromatic N) is 2. The molecule has 0 amide bonds. The van der Waals surface area contributed by atoms with E-state index in [0.717, 1.165) is 5.56 Å². The van der Waals surface area contributed by atoms with E-state index < -0.39 is 18.0 Å². The Labute approximate surface area is 193 Å². The molecule has 0 radical (unpaired) electrons. The molecule has 0 bridgehead atoms. The quantitative estimate of drug-likeness (QED) is 0.430. The van der Waals surface area contributed by atoms with E-state index in [1.54, 1.807) is 38.1 Å². The maximum atomic E-state index is 13.5. The predicted octanol–water partition coefficient (Wildman–Crippen LogP) is 2.72. The van der Waals surface area contributed by atoms with Crippen LogP contribution in [0.5, 0.6) is 5.75 Å². The number of ether oxygens (including phenoxy) is 2. The molecular weight excluding hydrogens is 440 g/mol. The smallest absolute Gasteiger partial charge is 0.338 e. The van der Waals surface area contributed by atoms with E-state index in [2.05, 4.69) is 4.99 Å². The van der Waals surface area contributed by atoms with Crippen molar-refractivity contribution in [1.82, 2.24) is 4.57 Å². The number of benzene rings is 2. The molecule has 2 aromatic carbocycles. The summed E-state index contributed by atoms with van der Waals surface area (Å²) < 4.78 is 12.5. The number of aromatic nitrogens is 1. The number of hydrogen-bond donors (Lipinski definition) is 0. The Morgan fingerprint density at radius 2 is 1.82 bits per heavy atom. The van der Waals surface area contributed by atoms with Crippen molar-refractivity contribution in [3.8, 4) is 5.75 Å². The van der Waals surface area contributed by atoms with Gasteiger partial charge in [0.25, 0.3) is 5.56 Å². The molecule has 168 valence electrons. The second kappa shape index (κ2) is 9.38. The monoisotopic (exact) mass is 462 g/mol. The number of thiazole rings is 1. The van der Waals surface area contributed by atoms with Gasteiger partial charge in [0.1, 0.15) is 5.75 Å². The molecule has 0 fully saturated rings. The van der Waals surface area contributed by atoms with Gasteiger partial charge in [0, 0.05) is 6.92 Å². The Kier molecular flexibility index (Phi) is 6.37.